The van der Waals surface area contributed by atoms with Crippen LogP contribution in [0.5, 0.6) is 0 Å². The Kier molecular flexibility index (Phi) is 5.40. The lowest BCUT2D eigenvalue weighted by molar-refractivity contribution is -0.0773. The molecule has 2 rings (SSSR count). The van der Waals surface area contributed by atoms with Crippen molar-refractivity contribution in [3.05, 3.63) is 0 Å². The third-order valence-electron chi connectivity index (χ3n) is 4.71. The van der Waals surface area contributed by atoms with Crippen molar-refractivity contribution in [3.8, 4) is 0 Å². The molecular weight excluding hydrogens is 296 g/mol. The Morgan fingerprint density at radius 2 is 2.20 bits per heavy atom. The van der Waals surface area contributed by atoms with Gasteiger partial charge in [0.1, 0.15) is 5.37 Å². The highest BCUT2D eigenvalue weighted by molar-refractivity contribution is 8.00. The van der Waals surface area contributed by atoms with Crippen molar-refractivity contribution in [3.63, 3.8) is 0 Å². The molecule has 0 spiro atoms. The molecule has 118 valence electrons. The number of methoxy groups -OCH3 is 1. The highest BCUT2D eigenvalue weighted by Crippen LogP contribution is 2.39. The largest absolute Gasteiger partial charge is 0.379 e. The molecular formula is C13H26N2O3S2. The summed E-state index contributed by atoms with van der Waals surface area (Å²) in [5, 5.41) is -0.430. The molecule has 2 fully saturated rings. The van der Waals surface area contributed by atoms with Crippen molar-refractivity contribution >= 4 is 21.6 Å². The van der Waals surface area contributed by atoms with Crippen LogP contribution in [0.4, 0.5) is 0 Å². The zero-order valence-electron chi connectivity index (χ0n) is 12.4. The van der Waals surface area contributed by atoms with Gasteiger partial charge in [0.2, 0.25) is 0 Å². The molecule has 1 saturated heterocycles. The van der Waals surface area contributed by atoms with Crippen LogP contribution in [0.3, 0.4) is 0 Å². The predicted octanol–water partition coefficient (Wildman–Crippen LogP) is 0.692. The van der Waals surface area contributed by atoms with Crippen LogP contribution in [0.2, 0.25) is 0 Å². The summed E-state index contributed by atoms with van der Waals surface area (Å²) in [6.45, 7) is 1.24. The van der Waals surface area contributed by atoms with Gasteiger partial charge in [0.05, 0.1) is 11.6 Å². The molecule has 0 aromatic carbocycles. The summed E-state index contributed by atoms with van der Waals surface area (Å²) in [4.78, 5) is 2.14. The Morgan fingerprint density at radius 3 is 2.80 bits per heavy atom. The van der Waals surface area contributed by atoms with E-state index < -0.39 is 15.2 Å². The van der Waals surface area contributed by atoms with Gasteiger partial charge in [-0.2, -0.15) is 11.8 Å². The monoisotopic (exact) mass is 322 g/mol. The number of nitrogens with two attached hydrogens (primary N) is 1. The zero-order valence-corrected chi connectivity index (χ0v) is 14.0. The first-order valence-corrected chi connectivity index (χ1v) is 10.3. The molecule has 0 bridgehead atoms. The normalized spacial score (nSPS) is 37.0. The Hall–Kier alpha value is 0.180. The SMILES string of the molecule is COC1CCCCC1(CN)N1CCSCC1S(C)(=O)=O. The molecule has 5 nitrogen and oxygen atoms in total. The van der Waals surface area contributed by atoms with Gasteiger partial charge in [-0.15, -0.1) is 0 Å². The van der Waals surface area contributed by atoms with Crippen LogP contribution in [0.15, 0.2) is 0 Å². The molecule has 2 N–H and O–H groups in total. The molecule has 1 aliphatic heterocycles. The van der Waals surface area contributed by atoms with Gasteiger partial charge in [-0.3, -0.25) is 4.90 Å². The number of sulfone groups is 1. The van der Waals surface area contributed by atoms with Crippen molar-refractivity contribution in [2.24, 2.45) is 5.73 Å². The number of hydrogen-bond acceptors (Lipinski definition) is 6. The molecule has 0 amide bonds. The van der Waals surface area contributed by atoms with Gasteiger partial charge in [-0.1, -0.05) is 12.8 Å². The molecule has 0 aromatic heterocycles. The van der Waals surface area contributed by atoms with Crippen molar-refractivity contribution in [2.75, 3.05) is 38.0 Å². The number of thioether (sulfide) groups is 1. The van der Waals surface area contributed by atoms with Crippen LogP contribution in [0.1, 0.15) is 25.7 Å². The summed E-state index contributed by atoms with van der Waals surface area (Å²) in [7, 11) is -1.39. The molecule has 3 atom stereocenters. The van der Waals surface area contributed by atoms with Gasteiger partial charge in [0.25, 0.3) is 0 Å². The van der Waals surface area contributed by atoms with E-state index in [-0.39, 0.29) is 11.6 Å². The quantitative estimate of drug-likeness (QED) is 0.821. The summed E-state index contributed by atoms with van der Waals surface area (Å²) in [6, 6.07) is 0. The number of rotatable bonds is 4. The second-order valence-corrected chi connectivity index (χ2v) is 9.18. The van der Waals surface area contributed by atoms with Crippen LogP contribution in [-0.2, 0) is 14.6 Å². The summed E-state index contributed by atoms with van der Waals surface area (Å²) >= 11 is 1.71. The average molecular weight is 322 g/mol. The van der Waals surface area contributed by atoms with Crippen LogP contribution in [0.25, 0.3) is 0 Å². The van der Waals surface area contributed by atoms with E-state index in [1.165, 1.54) is 6.26 Å². The molecule has 7 heteroatoms. The van der Waals surface area contributed by atoms with Gasteiger partial charge in [-0.25, -0.2) is 8.42 Å². The second kappa shape index (κ2) is 6.52. The van der Waals surface area contributed by atoms with Crippen molar-refractivity contribution in [1.82, 2.24) is 4.90 Å². The fraction of sp³-hybridized carbons (Fsp3) is 1.00. The van der Waals surface area contributed by atoms with Gasteiger partial charge in [0, 0.05) is 38.0 Å². The lowest BCUT2D eigenvalue weighted by atomic mass is 9.77. The van der Waals surface area contributed by atoms with E-state index in [2.05, 4.69) is 4.90 Å². The second-order valence-electron chi connectivity index (χ2n) is 5.83. The van der Waals surface area contributed by atoms with E-state index in [0.29, 0.717) is 12.3 Å². The molecule has 2 aliphatic rings. The van der Waals surface area contributed by atoms with Gasteiger partial charge in [-0.05, 0) is 12.8 Å². The smallest absolute Gasteiger partial charge is 0.164 e. The van der Waals surface area contributed by atoms with E-state index >= 15 is 0 Å². The summed E-state index contributed by atoms with van der Waals surface area (Å²) in [5.74, 6) is 1.60. The number of ether oxygens (including phenoxy) is 1. The minimum absolute atomic E-state index is 0.0357. The van der Waals surface area contributed by atoms with E-state index in [1.54, 1.807) is 18.9 Å². The highest BCUT2D eigenvalue weighted by Gasteiger charge is 2.50. The third-order valence-corrected chi connectivity index (χ3v) is 7.36. The Labute approximate surface area is 126 Å². The fourth-order valence-electron chi connectivity index (χ4n) is 3.65. The predicted molar refractivity (Wildman–Crippen MR) is 83.7 cm³/mol. The zero-order chi connectivity index (χ0) is 14.8. The first-order valence-electron chi connectivity index (χ1n) is 7.22. The molecule has 0 radical (unpaired) electrons. The average Bonchev–Trinajstić information content (AvgIpc) is 2.46. The lowest BCUT2D eigenvalue weighted by Gasteiger charge is -2.53. The highest BCUT2D eigenvalue weighted by atomic mass is 32.2. The first-order chi connectivity index (χ1) is 9.45. The molecule has 1 heterocycles. The van der Waals surface area contributed by atoms with Crippen LogP contribution >= 0.6 is 11.8 Å². The first kappa shape index (κ1) is 16.5. The molecule has 3 unspecified atom stereocenters. The standard InChI is InChI=1S/C13H26N2O3S2/c1-18-11-5-3-4-6-13(11,10-14)15-7-8-19-9-12(15)20(2,16)17/h11-12H,3-10,14H2,1-2H3. The summed E-state index contributed by atoms with van der Waals surface area (Å²) in [5.41, 5.74) is 5.80. The topological polar surface area (TPSA) is 72.6 Å². The molecule has 0 aromatic rings. The maximum Gasteiger partial charge on any atom is 0.164 e. The molecule has 1 saturated carbocycles. The maximum atomic E-state index is 12.2. The minimum atomic E-state index is -3.11. The minimum Gasteiger partial charge on any atom is -0.379 e. The van der Waals surface area contributed by atoms with Crippen LogP contribution in [-0.4, -0.2) is 68.3 Å². The number of hydrogen-bond donors (Lipinski definition) is 1. The van der Waals surface area contributed by atoms with E-state index in [1.807, 2.05) is 0 Å². The maximum absolute atomic E-state index is 12.2. The summed E-state index contributed by atoms with van der Waals surface area (Å²) < 4.78 is 30.0. The molecule has 20 heavy (non-hydrogen) atoms. The van der Waals surface area contributed by atoms with Gasteiger partial charge < -0.3 is 10.5 Å². The Morgan fingerprint density at radius 1 is 1.45 bits per heavy atom. The number of nitrogens with zero attached hydrogens (tertiary/aromatic N) is 1. The van der Waals surface area contributed by atoms with E-state index in [9.17, 15) is 8.42 Å². The lowest BCUT2D eigenvalue weighted by Crippen LogP contribution is -2.68. The molecule has 1 aliphatic carbocycles. The van der Waals surface area contributed by atoms with E-state index in [4.69, 9.17) is 10.5 Å². The van der Waals surface area contributed by atoms with Crippen LogP contribution < -0.4 is 5.73 Å². The van der Waals surface area contributed by atoms with Gasteiger partial charge >= 0.3 is 0 Å². The van der Waals surface area contributed by atoms with Crippen molar-refractivity contribution in [1.29, 1.82) is 0 Å². The Balaban J connectivity index is 2.36. The Bertz CT molecular complexity index is 429. The van der Waals surface area contributed by atoms with Gasteiger partial charge in [0.15, 0.2) is 9.84 Å². The van der Waals surface area contributed by atoms with E-state index in [0.717, 1.165) is 38.0 Å². The third kappa shape index (κ3) is 3.02. The van der Waals surface area contributed by atoms with Crippen LogP contribution in [0, 0.1) is 0 Å². The fourth-order valence-corrected chi connectivity index (χ4v) is 6.58. The summed E-state index contributed by atoms with van der Waals surface area (Å²) in [6.07, 6.45) is 5.50. The van der Waals surface area contributed by atoms with Crippen molar-refractivity contribution < 1.29 is 13.2 Å². The van der Waals surface area contributed by atoms with Crippen molar-refractivity contribution in [2.45, 2.75) is 42.7 Å².